The molecule has 1 aromatic carbocycles. The summed E-state index contributed by atoms with van der Waals surface area (Å²) >= 11 is 0. The minimum atomic E-state index is 0.878. The van der Waals surface area contributed by atoms with E-state index in [1.54, 1.807) is 0 Å². The summed E-state index contributed by atoms with van der Waals surface area (Å²) in [5, 5.41) is 5.98. The number of pyridine rings is 1. The number of benzene rings is 1. The minimum Gasteiger partial charge on any atom is -0.352 e. The third-order valence-corrected chi connectivity index (χ3v) is 4.16. The number of nitrogens with one attached hydrogen (secondary N) is 1. The highest BCUT2D eigenvalue weighted by Gasteiger charge is 2.15. The zero-order valence-corrected chi connectivity index (χ0v) is 12.9. The molecule has 0 atom stereocenters. The van der Waals surface area contributed by atoms with Crippen molar-refractivity contribution in [2.75, 3.05) is 24.5 Å². The molecule has 0 amide bonds. The molecule has 0 bridgehead atoms. The Bertz CT molecular complexity index is 661. The Morgan fingerprint density at radius 3 is 2.76 bits per heavy atom. The van der Waals surface area contributed by atoms with E-state index in [1.807, 2.05) is 6.20 Å². The lowest BCUT2D eigenvalue weighted by atomic mass is 10.0. The van der Waals surface area contributed by atoms with Crippen molar-refractivity contribution >= 4 is 16.6 Å². The van der Waals surface area contributed by atoms with Crippen molar-refractivity contribution in [1.29, 1.82) is 0 Å². The van der Waals surface area contributed by atoms with Crippen LogP contribution in [0.5, 0.6) is 0 Å². The van der Waals surface area contributed by atoms with Gasteiger partial charge in [-0.25, -0.2) is 4.98 Å². The van der Waals surface area contributed by atoms with Gasteiger partial charge < -0.3 is 10.2 Å². The van der Waals surface area contributed by atoms with Gasteiger partial charge in [-0.1, -0.05) is 42.8 Å². The molecule has 0 unspecified atom stereocenters. The molecule has 0 spiro atoms. The first-order valence-corrected chi connectivity index (χ1v) is 7.77. The smallest absolute Gasteiger partial charge is 0.136 e. The van der Waals surface area contributed by atoms with E-state index >= 15 is 0 Å². The van der Waals surface area contributed by atoms with E-state index in [0.717, 1.165) is 38.4 Å². The highest BCUT2D eigenvalue weighted by molar-refractivity contribution is 5.94. The Morgan fingerprint density at radius 1 is 1.24 bits per heavy atom. The second-order valence-electron chi connectivity index (χ2n) is 5.68. The Labute approximate surface area is 126 Å². The largest absolute Gasteiger partial charge is 0.352 e. The fraction of sp³-hybridized carbons (Fsp3) is 0.389. The monoisotopic (exact) mass is 281 g/mol. The maximum absolute atomic E-state index is 4.77. The number of hydrogen-bond donors (Lipinski definition) is 1. The normalized spacial score (nSPS) is 15.3. The summed E-state index contributed by atoms with van der Waals surface area (Å²) in [6, 6.07) is 8.62. The lowest BCUT2D eigenvalue weighted by molar-refractivity contribution is 0.727. The van der Waals surface area contributed by atoms with Crippen molar-refractivity contribution in [3.8, 4) is 0 Å². The predicted molar refractivity (Wildman–Crippen MR) is 89.7 cm³/mol. The summed E-state index contributed by atoms with van der Waals surface area (Å²) in [5.74, 6) is 1.12. The third-order valence-electron chi connectivity index (χ3n) is 4.16. The van der Waals surface area contributed by atoms with Gasteiger partial charge in [0, 0.05) is 31.2 Å². The maximum atomic E-state index is 4.77. The van der Waals surface area contributed by atoms with Crippen LogP contribution in [-0.2, 0) is 6.54 Å². The van der Waals surface area contributed by atoms with E-state index in [1.165, 1.54) is 21.9 Å². The van der Waals surface area contributed by atoms with Gasteiger partial charge in [0.1, 0.15) is 5.82 Å². The first kappa shape index (κ1) is 14.1. The van der Waals surface area contributed by atoms with Crippen molar-refractivity contribution in [3.63, 3.8) is 0 Å². The number of anilines is 1. The molecule has 0 saturated carbocycles. The molecule has 0 fully saturated rings. The Hall–Kier alpha value is -1.87. The first-order chi connectivity index (χ1) is 10.3. The number of nitrogens with zero attached hydrogens (tertiary/aromatic N) is 2. The highest BCUT2D eigenvalue weighted by atomic mass is 15.2. The zero-order valence-electron chi connectivity index (χ0n) is 12.9. The second-order valence-corrected chi connectivity index (χ2v) is 5.68. The molecule has 1 N–H and O–H groups in total. The molecule has 1 aliphatic heterocycles. The van der Waals surface area contributed by atoms with Crippen molar-refractivity contribution < 1.29 is 0 Å². The van der Waals surface area contributed by atoms with Gasteiger partial charge in [-0.15, -0.1) is 0 Å². The van der Waals surface area contributed by atoms with E-state index in [2.05, 4.69) is 54.4 Å². The second kappa shape index (κ2) is 6.27. The fourth-order valence-electron chi connectivity index (χ4n) is 2.85. The van der Waals surface area contributed by atoms with Crippen LogP contribution in [0.3, 0.4) is 0 Å². The van der Waals surface area contributed by atoms with E-state index in [9.17, 15) is 0 Å². The molecule has 3 heteroatoms. The van der Waals surface area contributed by atoms with Crippen LogP contribution in [-0.4, -0.2) is 24.6 Å². The van der Waals surface area contributed by atoms with Crippen molar-refractivity contribution in [2.45, 2.75) is 26.8 Å². The van der Waals surface area contributed by atoms with Gasteiger partial charge in [0.2, 0.25) is 0 Å². The molecule has 21 heavy (non-hydrogen) atoms. The Kier molecular flexibility index (Phi) is 4.20. The molecule has 0 saturated heterocycles. The topological polar surface area (TPSA) is 28.2 Å². The van der Waals surface area contributed by atoms with Gasteiger partial charge in [-0.3, -0.25) is 0 Å². The number of rotatable bonds is 4. The molecule has 0 aliphatic carbocycles. The van der Waals surface area contributed by atoms with Crippen LogP contribution in [0.15, 0.2) is 42.1 Å². The molecular weight excluding hydrogens is 258 g/mol. The van der Waals surface area contributed by atoms with Crippen molar-refractivity contribution in [2.24, 2.45) is 0 Å². The average Bonchev–Trinajstić information content (AvgIpc) is 2.53. The molecule has 0 radical (unpaired) electrons. The van der Waals surface area contributed by atoms with Crippen LogP contribution >= 0.6 is 0 Å². The third kappa shape index (κ3) is 2.93. The Balaban J connectivity index is 2.00. The van der Waals surface area contributed by atoms with Crippen LogP contribution in [0.1, 0.15) is 25.8 Å². The van der Waals surface area contributed by atoms with Gasteiger partial charge in [0.05, 0.1) is 0 Å². The summed E-state index contributed by atoms with van der Waals surface area (Å²) in [6.07, 6.45) is 5.48. The molecule has 1 aromatic heterocycles. The first-order valence-electron chi connectivity index (χ1n) is 7.77. The van der Waals surface area contributed by atoms with E-state index in [-0.39, 0.29) is 0 Å². The molecule has 3 nitrogen and oxygen atoms in total. The number of fused-ring (bicyclic) bond motifs is 1. The highest BCUT2D eigenvalue weighted by Crippen LogP contribution is 2.28. The van der Waals surface area contributed by atoms with Gasteiger partial charge in [0.15, 0.2) is 0 Å². The quantitative estimate of drug-likeness (QED) is 0.869. The van der Waals surface area contributed by atoms with Crippen molar-refractivity contribution in [3.05, 3.63) is 47.7 Å². The zero-order chi connectivity index (χ0) is 14.7. The van der Waals surface area contributed by atoms with Gasteiger partial charge >= 0.3 is 0 Å². The Morgan fingerprint density at radius 2 is 2.05 bits per heavy atom. The summed E-state index contributed by atoms with van der Waals surface area (Å²) < 4.78 is 0. The maximum Gasteiger partial charge on any atom is 0.136 e. The summed E-state index contributed by atoms with van der Waals surface area (Å²) in [6.45, 7) is 8.23. The van der Waals surface area contributed by atoms with Crippen LogP contribution in [0.4, 0.5) is 5.82 Å². The van der Waals surface area contributed by atoms with Crippen molar-refractivity contribution in [1.82, 2.24) is 10.3 Å². The fourth-order valence-corrected chi connectivity index (χ4v) is 2.85. The lowest BCUT2D eigenvalue weighted by Crippen LogP contribution is -2.29. The summed E-state index contributed by atoms with van der Waals surface area (Å²) in [5.41, 5.74) is 2.76. The number of aromatic nitrogens is 1. The minimum absolute atomic E-state index is 0.878. The standard InChI is InChI=1S/C18H23N3/c1-3-19-12-15-13-20-18(17-7-5-4-6-16(15)17)21-10-8-14(2)9-11-21/h4-8,13,19H,3,9-12H2,1-2H3. The predicted octanol–water partition coefficient (Wildman–Crippen LogP) is 3.50. The average molecular weight is 281 g/mol. The molecule has 3 rings (SSSR count). The van der Waals surface area contributed by atoms with E-state index in [0.29, 0.717) is 0 Å². The van der Waals surface area contributed by atoms with Gasteiger partial charge in [-0.05, 0) is 30.8 Å². The molecule has 110 valence electrons. The van der Waals surface area contributed by atoms with Crippen LogP contribution in [0, 0.1) is 0 Å². The van der Waals surface area contributed by atoms with Gasteiger partial charge in [-0.2, -0.15) is 0 Å². The van der Waals surface area contributed by atoms with Gasteiger partial charge in [0.25, 0.3) is 0 Å². The van der Waals surface area contributed by atoms with E-state index < -0.39 is 0 Å². The molecule has 2 aromatic rings. The lowest BCUT2D eigenvalue weighted by Gasteiger charge is -2.28. The molecule has 2 heterocycles. The summed E-state index contributed by atoms with van der Waals surface area (Å²) in [4.78, 5) is 7.15. The van der Waals surface area contributed by atoms with Crippen LogP contribution in [0.2, 0.25) is 0 Å². The number of hydrogen-bond acceptors (Lipinski definition) is 3. The van der Waals surface area contributed by atoms with Crippen LogP contribution < -0.4 is 10.2 Å². The van der Waals surface area contributed by atoms with E-state index in [4.69, 9.17) is 4.98 Å². The SMILES string of the molecule is CCNCc1cnc(N2CC=C(C)CC2)c2ccccc12. The van der Waals surface area contributed by atoms with Crippen LogP contribution in [0.25, 0.3) is 10.8 Å². The molecular formula is C18H23N3. The summed E-state index contributed by atoms with van der Waals surface area (Å²) in [7, 11) is 0. The molecule has 1 aliphatic rings.